The summed E-state index contributed by atoms with van der Waals surface area (Å²) in [5, 5.41) is 6.86. The second-order valence-corrected chi connectivity index (χ2v) is 7.60. The third-order valence-corrected chi connectivity index (χ3v) is 5.35. The monoisotopic (exact) mass is 334 g/mol. The molecule has 0 aliphatic heterocycles. The number of rotatable bonds is 6. The third-order valence-electron chi connectivity index (χ3n) is 3.60. The summed E-state index contributed by atoms with van der Waals surface area (Å²) < 4.78 is 27.5. The quantitative estimate of drug-likeness (QED) is 0.846. The van der Waals surface area contributed by atoms with Crippen molar-refractivity contribution in [2.24, 2.45) is 0 Å². The molecule has 3 rings (SSSR count). The molecule has 7 nitrogen and oxygen atoms in total. The Morgan fingerprint density at radius 2 is 2.04 bits per heavy atom. The molecule has 0 bridgehead atoms. The number of carbonyl (C=O) groups is 1. The molecule has 1 aliphatic rings. The van der Waals surface area contributed by atoms with E-state index < -0.39 is 10.0 Å². The van der Waals surface area contributed by atoms with Crippen LogP contribution in [0.2, 0.25) is 0 Å². The normalized spacial score (nSPS) is 14.9. The van der Waals surface area contributed by atoms with Crippen LogP contribution in [0, 0.1) is 0 Å². The number of hydrogen-bond acceptors (Lipinski definition) is 4. The fourth-order valence-electron chi connectivity index (χ4n) is 2.13. The number of nitrogens with zero attached hydrogens (tertiary/aromatic N) is 3. The van der Waals surface area contributed by atoms with Crippen LogP contribution in [0.5, 0.6) is 0 Å². The van der Waals surface area contributed by atoms with E-state index in [-0.39, 0.29) is 23.4 Å². The largest absolute Gasteiger partial charge is 0.352 e. The Hall–Kier alpha value is -2.19. The van der Waals surface area contributed by atoms with Crippen molar-refractivity contribution >= 4 is 15.9 Å². The second-order valence-electron chi connectivity index (χ2n) is 5.56. The van der Waals surface area contributed by atoms with Gasteiger partial charge in [-0.15, -0.1) is 0 Å². The van der Waals surface area contributed by atoms with Crippen LogP contribution in [0.15, 0.2) is 47.6 Å². The van der Waals surface area contributed by atoms with Gasteiger partial charge in [-0.2, -0.15) is 9.40 Å². The average Bonchev–Trinajstić information content (AvgIpc) is 3.18. The number of aromatic nitrogens is 2. The molecule has 1 amide bonds. The number of sulfonamides is 1. The van der Waals surface area contributed by atoms with E-state index >= 15 is 0 Å². The standard InChI is InChI=1S/C15H18N4O3S/c1-18(11-15(20)17-12-7-8-12)23(21,22)14-9-16-19(10-14)13-5-3-2-4-6-13/h2-6,9-10,12H,7-8,11H2,1H3,(H,17,20). The molecule has 1 aliphatic carbocycles. The fourth-order valence-corrected chi connectivity index (χ4v) is 3.19. The van der Waals surface area contributed by atoms with Crippen molar-refractivity contribution in [3.63, 3.8) is 0 Å². The van der Waals surface area contributed by atoms with Crippen LogP contribution in [0.3, 0.4) is 0 Å². The Morgan fingerprint density at radius 3 is 2.70 bits per heavy atom. The molecule has 2 aromatic rings. The Balaban J connectivity index is 1.74. The first-order valence-electron chi connectivity index (χ1n) is 7.32. The Bertz CT molecular complexity index is 797. The molecule has 1 N–H and O–H groups in total. The van der Waals surface area contributed by atoms with E-state index in [1.54, 1.807) is 0 Å². The van der Waals surface area contributed by atoms with Crippen molar-refractivity contribution in [1.82, 2.24) is 19.4 Å². The first-order valence-corrected chi connectivity index (χ1v) is 8.76. The van der Waals surface area contributed by atoms with Crippen LogP contribution >= 0.6 is 0 Å². The van der Waals surface area contributed by atoms with Gasteiger partial charge >= 0.3 is 0 Å². The summed E-state index contributed by atoms with van der Waals surface area (Å²) in [6.07, 6.45) is 4.66. The van der Waals surface area contributed by atoms with E-state index in [1.807, 2.05) is 30.3 Å². The van der Waals surface area contributed by atoms with E-state index in [4.69, 9.17) is 0 Å². The zero-order valence-corrected chi connectivity index (χ0v) is 13.5. The number of hydrogen-bond donors (Lipinski definition) is 1. The van der Waals surface area contributed by atoms with Gasteiger partial charge < -0.3 is 5.32 Å². The van der Waals surface area contributed by atoms with Crippen LogP contribution in [0.25, 0.3) is 5.69 Å². The van der Waals surface area contributed by atoms with E-state index in [1.165, 1.54) is 24.1 Å². The zero-order valence-electron chi connectivity index (χ0n) is 12.7. The minimum Gasteiger partial charge on any atom is -0.352 e. The van der Waals surface area contributed by atoms with Crippen molar-refractivity contribution in [2.45, 2.75) is 23.8 Å². The lowest BCUT2D eigenvalue weighted by Gasteiger charge is -2.15. The molecule has 1 aromatic heterocycles. The van der Waals surface area contributed by atoms with Gasteiger partial charge in [0.25, 0.3) is 0 Å². The van der Waals surface area contributed by atoms with E-state index in [2.05, 4.69) is 10.4 Å². The molecule has 0 spiro atoms. The molecule has 0 atom stereocenters. The number of likely N-dealkylation sites (N-methyl/N-ethyl adjacent to an activating group) is 1. The maximum absolute atomic E-state index is 12.5. The summed E-state index contributed by atoms with van der Waals surface area (Å²) >= 11 is 0. The predicted octanol–water partition coefficient (Wildman–Crippen LogP) is 0.771. The predicted molar refractivity (Wildman–Crippen MR) is 84.5 cm³/mol. The summed E-state index contributed by atoms with van der Waals surface area (Å²) in [7, 11) is -2.36. The maximum Gasteiger partial charge on any atom is 0.246 e. The Kier molecular flexibility index (Phi) is 4.18. The highest BCUT2D eigenvalue weighted by molar-refractivity contribution is 7.89. The summed E-state index contributed by atoms with van der Waals surface area (Å²) in [6, 6.07) is 9.43. The number of carbonyl (C=O) groups excluding carboxylic acids is 1. The van der Waals surface area contributed by atoms with Crippen LogP contribution in [0.4, 0.5) is 0 Å². The van der Waals surface area contributed by atoms with Crippen LogP contribution < -0.4 is 5.32 Å². The lowest BCUT2D eigenvalue weighted by Crippen LogP contribution is -2.39. The van der Waals surface area contributed by atoms with Gasteiger partial charge in [-0.25, -0.2) is 13.1 Å². The summed E-state index contributed by atoms with van der Waals surface area (Å²) in [5.41, 5.74) is 0.767. The van der Waals surface area contributed by atoms with Crippen molar-refractivity contribution in [3.05, 3.63) is 42.7 Å². The molecule has 1 aromatic carbocycles. The summed E-state index contributed by atoms with van der Waals surface area (Å²) in [5.74, 6) is -0.283. The second kappa shape index (κ2) is 6.13. The van der Waals surface area contributed by atoms with Crippen molar-refractivity contribution in [3.8, 4) is 5.69 Å². The van der Waals surface area contributed by atoms with Gasteiger partial charge in [-0.05, 0) is 25.0 Å². The van der Waals surface area contributed by atoms with Crippen molar-refractivity contribution in [1.29, 1.82) is 0 Å². The first-order chi connectivity index (χ1) is 11.0. The molecule has 1 heterocycles. The van der Waals surface area contributed by atoms with Gasteiger partial charge in [0.15, 0.2) is 0 Å². The Labute approximate surface area is 135 Å². The van der Waals surface area contributed by atoms with Crippen molar-refractivity contribution < 1.29 is 13.2 Å². The topological polar surface area (TPSA) is 84.3 Å². The SMILES string of the molecule is CN(CC(=O)NC1CC1)S(=O)(=O)c1cnn(-c2ccccc2)c1. The van der Waals surface area contributed by atoms with Crippen LogP contribution in [0.1, 0.15) is 12.8 Å². The summed E-state index contributed by atoms with van der Waals surface area (Å²) in [6.45, 7) is -0.199. The average molecular weight is 334 g/mol. The molecule has 1 saturated carbocycles. The zero-order chi connectivity index (χ0) is 16.4. The van der Waals surface area contributed by atoms with Gasteiger partial charge in [0.1, 0.15) is 4.90 Å². The molecular formula is C15H18N4O3S. The van der Waals surface area contributed by atoms with Crippen LogP contribution in [-0.2, 0) is 14.8 Å². The van der Waals surface area contributed by atoms with Gasteiger partial charge in [0, 0.05) is 13.1 Å². The minimum atomic E-state index is -3.75. The lowest BCUT2D eigenvalue weighted by molar-refractivity contribution is -0.121. The smallest absolute Gasteiger partial charge is 0.246 e. The molecule has 0 unspecified atom stereocenters. The lowest BCUT2D eigenvalue weighted by atomic mass is 10.3. The summed E-state index contributed by atoms with van der Waals surface area (Å²) in [4.78, 5) is 11.8. The molecule has 23 heavy (non-hydrogen) atoms. The molecule has 1 fully saturated rings. The molecule has 122 valence electrons. The highest BCUT2D eigenvalue weighted by Gasteiger charge is 2.28. The highest BCUT2D eigenvalue weighted by atomic mass is 32.2. The van der Waals surface area contributed by atoms with E-state index in [0.29, 0.717) is 0 Å². The highest BCUT2D eigenvalue weighted by Crippen LogP contribution is 2.19. The number of amides is 1. The Morgan fingerprint density at radius 1 is 1.35 bits per heavy atom. The molecule has 8 heteroatoms. The fraction of sp³-hybridized carbons (Fsp3) is 0.333. The molecule has 0 saturated heterocycles. The number of para-hydroxylation sites is 1. The van der Waals surface area contributed by atoms with Crippen molar-refractivity contribution in [2.75, 3.05) is 13.6 Å². The first kappa shape index (κ1) is 15.7. The number of benzene rings is 1. The van der Waals surface area contributed by atoms with Gasteiger partial charge in [-0.3, -0.25) is 4.79 Å². The third kappa shape index (κ3) is 3.59. The number of nitrogens with one attached hydrogen (secondary N) is 1. The van der Waals surface area contributed by atoms with E-state index in [9.17, 15) is 13.2 Å². The maximum atomic E-state index is 12.5. The minimum absolute atomic E-state index is 0.0584. The van der Waals surface area contributed by atoms with Gasteiger partial charge in [-0.1, -0.05) is 18.2 Å². The molecule has 0 radical (unpaired) electrons. The van der Waals surface area contributed by atoms with Crippen LogP contribution in [-0.4, -0.2) is 48.0 Å². The van der Waals surface area contributed by atoms with E-state index in [0.717, 1.165) is 22.8 Å². The van der Waals surface area contributed by atoms with Gasteiger partial charge in [0.05, 0.1) is 24.6 Å². The van der Waals surface area contributed by atoms with Gasteiger partial charge in [0.2, 0.25) is 15.9 Å². The molecular weight excluding hydrogens is 316 g/mol.